The van der Waals surface area contributed by atoms with E-state index < -0.39 is 0 Å². The Bertz CT molecular complexity index is 603. The Hall–Kier alpha value is -2.18. The second kappa shape index (κ2) is 8.96. The number of hydrogen-bond acceptors (Lipinski definition) is 6. The SMILES string of the molecule is CN(C)c1ncc(-c2cc(Cl)ccc2OCC=O)cn1.CO. The number of aromatic nitrogens is 2. The van der Waals surface area contributed by atoms with E-state index in [0.29, 0.717) is 23.0 Å². The van der Waals surface area contributed by atoms with Gasteiger partial charge in [0.1, 0.15) is 12.4 Å². The smallest absolute Gasteiger partial charge is 0.224 e. The molecule has 0 amide bonds. The quantitative estimate of drug-likeness (QED) is 0.849. The van der Waals surface area contributed by atoms with Crippen LogP contribution >= 0.6 is 11.6 Å². The van der Waals surface area contributed by atoms with Gasteiger partial charge >= 0.3 is 0 Å². The van der Waals surface area contributed by atoms with Crippen molar-refractivity contribution in [2.45, 2.75) is 0 Å². The van der Waals surface area contributed by atoms with Gasteiger partial charge < -0.3 is 14.7 Å². The van der Waals surface area contributed by atoms with Crippen LogP contribution in [0.15, 0.2) is 30.6 Å². The fourth-order valence-electron chi connectivity index (χ4n) is 1.67. The minimum atomic E-state index is -0.00866. The number of rotatable bonds is 5. The van der Waals surface area contributed by atoms with Crippen molar-refractivity contribution in [3.05, 3.63) is 35.6 Å². The lowest BCUT2D eigenvalue weighted by molar-refractivity contribution is -0.109. The van der Waals surface area contributed by atoms with Crippen molar-refractivity contribution >= 4 is 23.8 Å². The van der Waals surface area contributed by atoms with Crippen LogP contribution < -0.4 is 9.64 Å². The second-order valence-electron chi connectivity index (χ2n) is 4.28. The van der Waals surface area contributed by atoms with Gasteiger partial charge in [-0.15, -0.1) is 0 Å². The van der Waals surface area contributed by atoms with Crippen LogP contribution in [-0.4, -0.2) is 49.2 Å². The Morgan fingerprint density at radius 2 is 1.91 bits per heavy atom. The topological polar surface area (TPSA) is 75.6 Å². The van der Waals surface area contributed by atoms with Crippen molar-refractivity contribution in [1.82, 2.24) is 9.97 Å². The summed E-state index contributed by atoms with van der Waals surface area (Å²) < 4.78 is 5.38. The third-order valence-corrected chi connectivity index (χ3v) is 2.83. The number of aliphatic hydroxyl groups excluding tert-OH is 1. The van der Waals surface area contributed by atoms with E-state index >= 15 is 0 Å². The molecular weight excluding hydrogens is 306 g/mol. The number of ether oxygens (including phenoxy) is 1. The van der Waals surface area contributed by atoms with E-state index in [2.05, 4.69) is 9.97 Å². The molecule has 0 fully saturated rings. The first kappa shape index (κ1) is 17.9. The van der Waals surface area contributed by atoms with Crippen molar-refractivity contribution in [2.24, 2.45) is 0 Å². The van der Waals surface area contributed by atoms with E-state index in [1.165, 1.54) is 0 Å². The predicted molar refractivity (Wildman–Crippen MR) is 86.5 cm³/mol. The molecular formula is C15H18ClN3O3. The lowest BCUT2D eigenvalue weighted by Crippen LogP contribution is -2.12. The zero-order chi connectivity index (χ0) is 16.5. The van der Waals surface area contributed by atoms with Gasteiger partial charge in [0, 0.05) is 49.7 Å². The molecule has 0 bridgehead atoms. The molecule has 0 saturated carbocycles. The molecule has 1 N–H and O–H groups in total. The Labute approximate surface area is 134 Å². The molecule has 1 heterocycles. The van der Waals surface area contributed by atoms with Crippen LogP contribution in [0.4, 0.5) is 5.95 Å². The molecule has 0 aliphatic carbocycles. The largest absolute Gasteiger partial charge is 0.485 e. The van der Waals surface area contributed by atoms with Crippen LogP contribution in [0.25, 0.3) is 11.1 Å². The summed E-state index contributed by atoms with van der Waals surface area (Å²) in [5, 5.41) is 7.58. The molecule has 7 heteroatoms. The molecule has 1 aromatic carbocycles. The number of nitrogens with zero attached hydrogens (tertiary/aromatic N) is 3. The molecule has 0 spiro atoms. The first-order valence-corrected chi connectivity index (χ1v) is 6.80. The lowest BCUT2D eigenvalue weighted by Gasteiger charge is -2.12. The highest BCUT2D eigenvalue weighted by molar-refractivity contribution is 6.31. The van der Waals surface area contributed by atoms with Gasteiger partial charge in [0.2, 0.25) is 5.95 Å². The number of aliphatic hydroxyl groups is 1. The zero-order valence-corrected chi connectivity index (χ0v) is 13.4. The van der Waals surface area contributed by atoms with Gasteiger partial charge in [0.25, 0.3) is 0 Å². The molecule has 2 aromatic rings. The summed E-state index contributed by atoms with van der Waals surface area (Å²) in [6.07, 6.45) is 4.09. The van der Waals surface area contributed by atoms with Crippen LogP contribution in [-0.2, 0) is 4.79 Å². The summed E-state index contributed by atoms with van der Waals surface area (Å²) in [5.41, 5.74) is 1.53. The fourth-order valence-corrected chi connectivity index (χ4v) is 1.84. The van der Waals surface area contributed by atoms with Gasteiger partial charge in [-0.05, 0) is 18.2 Å². The first-order chi connectivity index (χ1) is 10.6. The van der Waals surface area contributed by atoms with E-state index in [1.807, 2.05) is 19.0 Å². The predicted octanol–water partition coefficient (Wildman–Crippen LogP) is 2.05. The van der Waals surface area contributed by atoms with E-state index in [1.54, 1.807) is 30.6 Å². The van der Waals surface area contributed by atoms with Gasteiger partial charge in [-0.3, -0.25) is 4.79 Å². The van der Waals surface area contributed by atoms with Gasteiger partial charge in [0.05, 0.1) is 0 Å². The Morgan fingerprint density at radius 1 is 1.27 bits per heavy atom. The summed E-state index contributed by atoms with van der Waals surface area (Å²) in [5.74, 6) is 1.19. The van der Waals surface area contributed by atoms with E-state index in [4.69, 9.17) is 21.4 Å². The molecule has 118 valence electrons. The first-order valence-electron chi connectivity index (χ1n) is 6.42. The molecule has 0 unspecified atom stereocenters. The average Bonchev–Trinajstić information content (AvgIpc) is 2.55. The number of benzene rings is 1. The number of halogens is 1. The van der Waals surface area contributed by atoms with Crippen molar-refractivity contribution in [3.8, 4) is 16.9 Å². The van der Waals surface area contributed by atoms with E-state index in [-0.39, 0.29) is 6.61 Å². The maximum absolute atomic E-state index is 10.4. The van der Waals surface area contributed by atoms with E-state index in [9.17, 15) is 4.79 Å². The van der Waals surface area contributed by atoms with Crippen LogP contribution in [0.1, 0.15) is 0 Å². The van der Waals surface area contributed by atoms with Gasteiger partial charge in [-0.2, -0.15) is 0 Å². The monoisotopic (exact) mass is 323 g/mol. The second-order valence-corrected chi connectivity index (χ2v) is 4.72. The Balaban J connectivity index is 0.00000116. The summed E-state index contributed by atoms with van der Waals surface area (Å²) in [6.45, 7) is -0.00866. The summed E-state index contributed by atoms with van der Waals surface area (Å²) in [6, 6.07) is 5.19. The van der Waals surface area contributed by atoms with Crippen LogP contribution in [0, 0.1) is 0 Å². The van der Waals surface area contributed by atoms with Gasteiger partial charge in [-0.1, -0.05) is 11.6 Å². The van der Waals surface area contributed by atoms with Crippen molar-refractivity contribution in [1.29, 1.82) is 0 Å². The minimum Gasteiger partial charge on any atom is -0.485 e. The molecule has 0 atom stereocenters. The molecule has 0 aliphatic rings. The summed E-state index contributed by atoms with van der Waals surface area (Å²) >= 11 is 6.01. The Morgan fingerprint density at radius 3 is 2.45 bits per heavy atom. The maximum atomic E-state index is 10.4. The Kier molecular flexibility index (Phi) is 7.28. The molecule has 6 nitrogen and oxygen atoms in total. The van der Waals surface area contributed by atoms with Crippen molar-refractivity contribution in [3.63, 3.8) is 0 Å². The van der Waals surface area contributed by atoms with Gasteiger partial charge in [0.15, 0.2) is 6.29 Å². The third kappa shape index (κ3) is 4.68. The molecule has 0 radical (unpaired) electrons. The number of carbonyl (C=O) groups excluding carboxylic acids is 1. The molecule has 1 aromatic heterocycles. The zero-order valence-electron chi connectivity index (χ0n) is 12.7. The van der Waals surface area contributed by atoms with Crippen LogP contribution in [0.5, 0.6) is 5.75 Å². The van der Waals surface area contributed by atoms with Crippen LogP contribution in [0.2, 0.25) is 5.02 Å². The van der Waals surface area contributed by atoms with E-state index in [0.717, 1.165) is 18.2 Å². The van der Waals surface area contributed by atoms with Crippen LogP contribution in [0.3, 0.4) is 0 Å². The van der Waals surface area contributed by atoms with Crippen molar-refractivity contribution in [2.75, 3.05) is 32.7 Å². The number of carbonyl (C=O) groups is 1. The number of aldehydes is 1. The normalized spacial score (nSPS) is 9.50. The number of hydrogen-bond donors (Lipinski definition) is 1. The number of anilines is 1. The molecule has 0 saturated heterocycles. The fraction of sp³-hybridized carbons (Fsp3) is 0.267. The molecule has 0 aliphatic heterocycles. The summed E-state index contributed by atoms with van der Waals surface area (Å²) in [7, 11) is 4.74. The highest BCUT2D eigenvalue weighted by Gasteiger charge is 2.09. The maximum Gasteiger partial charge on any atom is 0.224 e. The third-order valence-electron chi connectivity index (χ3n) is 2.60. The highest BCUT2D eigenvalue weighted by Crippen LogP contribution is 2.32. The average molecular weight is 324 g/mol. The van der Waals surface area contributed by atoms with Crippen molar-refractivity contribution < 1.29 is 14.6 Å². The lowest BCUT2D eigenvalue weighted by atomic mass is 10.1. The standard InChI is InChI=1S/C14H14ClN3O2.CH4O/c1-18(2)14-16-8-10(9-17-14)12-7-11(15)3-4-13(12)20-6-5-19;1-2/h3-5,7-9H,6H2,1-2H3;2H,1H3. The van der Waals surface area contributed by atoms with Gasteiger partial charge in [-0.25, -0.2) is 9.97 Å². The molecule has 22 heavy (non-hydrogen) atoms. The molecule has 2 rings (SSSR count). The highest BCUT2D eigenvalue weighted by atomic mass is 35.5. The minimum absolute atomic E-state index is 0.00866. The summed E-state index contributed by atoms with van der Waals surface area (Å²) in [4.78, 5) is 20.7.